The number of H-pyrrole nitrogens is 1. The van der Waals surface area contributed by atoms with Crippen LogP contribution in [0.3, 0.4) is 0 Å². The minimum atomic E-state index is -1.83. The highest BCUT2D eigenvalue weighted by molar-refractivity contribution is 5.86. The summed E-state index contributed by atoms with van der Waals surface area (Å²) >= 11 is 0. The number of esters is 1. The minimum absolute atomic E-state index is 0.0408. The van der Waals surface area contributed by atoms with Gasteiger partial charge in [0.15, 0.2) is 5.82 Å². The quantitative estimate of drug-likeness (QED) is 0.0817. The number of nitrogen functional groups attached to an aromatic ring is 1. The van der Waals surface area contributed by atoms with E-state index in [4.69, 9.17) is 15.2 Å². The number of nitrogens with two attached hydrogens (primary N) is 1. The van der Waals surface area contributed by atoms with Crippen molar-refractivity contribution in [2.45, 2.75) is 71.6 Å². The second kappa shape index (κ2) is 15.3. The van der Waals surface area contributed by atoms with Gasteiger partial charge in [0.1, 0.15) is 29.7 Å². The second-order valence-electron chi connectivity index (χ2n) is 15.5. The Bertz CT molecular complexity index is 2690. The van der Waals surface area contributed by atoms with E-state index in [1.165, 1.54) is 27.8 Å². The SMILES string of the molecule is CCC(=C1Cc2cc3c(c(=O)n2C1)COC(=O)C3(CC)OC(=O)N1CCN(c2ccc(-n3c(-c4cc(C(C)C)c(O)cc4O)n[nH]c3=O)cn2)CC1)c1cc(O)ccc1N. The summed E-state index contributed by atoms with van der Waals surface area (Å²) in [6.07, 6.45) is 1.85. The van der Waals surface area contributed by atoms with E-state index in [9.17, 15) is 34.5 Å². The number of amides is 1. The zero-order valence-corrected chi connectivity index (χ0v) is 33.7. The van der Waals surface area contributed by atoms with Gasteiger partial charge in [-0.05, 0) is 77.9 Å². The van der Waals surface area contributed by atoms with Crippen LogP contribution in [0.5, 0.6) is 17.2 Å². The lowest BCUT2D eigenvalue weighted by molar-refractivity contribution is -0.173. The number of nitrogens with zero attached hydrogens (tertiary/aromatic N) is 6. The van der Waals surface area contributed by atoms with E-state index in [0.717, 1.165) is 11.1 Å². The van der Waals surface area contributed by atoms with E-state index < -0.39 is 23.4 Å². The number of carbonyl (C=O) groups is 2. The molecule has 0 radical (unpaired) electrons. The summed E-state index contributed by atoms with van der Waals surface area (Å²) in [6, 6.07) is 12.8. The lowest BCUT2D eigenvalue weighted by Crippen LogP contribution is -2.53. The molecule has 1 amide bonds. The molecule has 1 unspecified atom stereocenters. The lowest BCUT2D eigenvalue weighted by atomic mass is 9.85. The molecule has 2 aromatic carbocycles. The number of phenolic OH excluding ortho intramolecular Hbond substituents is 3. The Morgan fingerprint density at radius 3 is 2.45 bits per heavy atom. The molecule has 3 aliphatic heterocycles. The van der Waals surface area contributed by atoms with Crippen molar-refractivity contribution >= 4 is 29.1 Å². The number of ether oxygens (including phenoxy) is 2. The minimum Gasteiger partial charge on any atom is -0.508 e. The van der Waals surface area contributed by atoms with Crippen LogP contribution < -0.4 is 21.9 Å². The van der Waals surface area contributed by atoms with E-state index in [0.29, 0.717) is 72.1 Å². The average Bonchev–Trinajstić information content (AvgIpc) is 3.84. The average molecular weight is 819 g/mol. The number of rotatable bonds is 8. The summed E-state index contributed by atoms with van der Waals surface area (Å²) in [5.41, 5.74) is 9.18. The van der Waals surface area contributed by atoms with Crippen molar-refractivity contribution in [1.29, 1.82) is 0 Å². The maximum atomic E-state index is 14.0. The topological polar surface area (TPSA) is 231 Å². The Hall–Kier alpha value is -7.04. The molecule has 60 heavy (non-hydrogen) atoms. The Balaban J connectivity index is 0.989. The van der Waals surface area contributed by atoms with Gasteiger partial charge in [-0.3, -0.25) is 4.79 Å². The van der Waals surface area contributed by atoms with Crippen molar-refractivity contribution in [1.82, 2.24) is 29.2 Å². The molecule has 0 aliphatic carbocycles. The van der Waals surface area contributed by atoms with Gasteiger partial charge in [-0.25, -0.2) is 29.0 Å². The number of hydrogen-bond acceptors (Lipinski definition) is 13. The number of aromatic amines is 1. The van der Waals surface area contributed by atoms with Gasteiger partial charge >= 0.3 is 17.8 Å². The van der Waals surface area contributed by atoms with E-state index >= 15 is 0 Å². The van der Waals surface area contributed by atoms with Crippen LogP contribution in [-0.4, -0.2) is 82.8 Å². The normalized spacial score (nSPS) is 18.3. The van der Waals surface area contributed by atoms with Crippen LogP contribution in [0.15, 0.2) is 69.9 Å². The summed E-state index contributed by atoms with van der Waals surface area (Å²) in [7, 11) is 0. The molecule has 0 saturated carbocycles. The Labute approximate surface area is 343 Å². The number of phenols is 3. The summed E-state index contributed by atoms with van der Waals surface area (Å²) in [4.78, 5) is 62.5. The fraction of sp³-hybridized carbons (Fsp3) is 0.349. The number of fused-ring (bicyclic) bond motifs is 2. The highest BCUT2D eigenvalue weighted by Gasteiger charge is 2.51. The molecular weight excluding hydrogens is 773 g/mol. The van der Waals surface area contributed by atoms with E-state index in [-0.39, 0.29) is 71.8 Å². The highest BCUT2D eigenvalue weighted by Crippen LogP contribution is 2.41. The molecule has 1 atom stereocenters. The molecule has 17 heteroatoms. The number of aromatic nitrogens is 5. The smallest absolute Gasteiger partial charge is 0.411 e. The number of anilines is 2. The molecule has 8 rings (SSSR count). The predicted octanol–water partition coefficient (Wildman–Crippen LogP) is 4.65. The van der Waals surface area contributed by atoms with Crippen LogP contribution in [0, 0.1) is 0 Å². The van der Waals surface area contributed by atoms with Gasteiger partial charge in [0.25, 0.3) is 5.56 Å². The van der Waals surface area contributed by atoms with E-state index in [1.807, 2.05) is 25.7 Å². The maximum absolute atomic E-state index is 14.0. The van der Waals surface area contributed by atoms with Crippen LogP contribution in [0.25, 0.3) is 22.6 Å². The molecule has 5 aromatic rings. The van der Waals surface area contributed by atoms with Crippen molar-refractivity contribution in [3.8, 4) is 34.3 Å². The predicted molar refractivity (Wildman–Crippen MR) is 221 cm³/mol. The van der Waals surface area contributed by atoms with Crippen LogP contribution in [-0.2, 0) is 39.4 Å². The first kappa shape index (κ1) is 39.8. The third-order valence-electron chi connectivity index (χ3n) is 11.8. The fourth-order valence-corrected chi connectivity index (χ4v) is 8.51. The number of allylic oxidation sites excluding steroid dienone is 2. The number of cyclic esters (lactones) is 1. The summed E-state index contributed by atoms with van der Waals surface area (Å²) < 4.78 is 14.6. The molecule has 6 heterocycles. The Kier molecular flexibility index (Phi) is 10.1. The Morgan fingerprint density at radius 2 is 1.77 bits per heavy atom. The number of hydrogen-bond donors (Lipinski definition) is 5. The molecular formula is C43H46N8O9. The summed E-state index contributed by atoms with van der Waals surface area (Å²) in [5, 5.41) is 37.8. The highest BCUT2D eigenvalue weighted by atomic mass is 16.6. The third kappa shape index (κ3) is 6.68. The number of nitrogens with one attached hydrogen (secondary N) is 1. The van der Waals surface area contributed by atoms with Gasteiger partial charge < -0.3 is 44.9 Å². The molecule has 6 N–H and O–H groups in total. The lowest BCUT2D eigenvalue weighted by Gasteiger charge is -2.39. The molecule has 3 aliphatic rings. The summed E-state index contributed by atoms with van der Waals surface area (Å²) in [5.74, 6) is -0.276. The molecule has 312 valence electrons. The number of piperazine rings is 1. The standard InChI is InChI=1S/C43H46N8O9/c1-5-28(30-17-27(52)8-9-34(30)44)24-15-26-16-33-32(39(55)50(26)21-24)22-59-40(56)43(33,6-2)60-42(58)49-13-11-48(12-14-49)37-10-7-25(20-45-37)51-38(46-47-41(51)57)31-18-29(23(3)4)35(53)19-36(31)54/h7-10,16-20,23,52-54H,5-6,11-15,21-22,44H2,1-4H3,(H,47,57). The number of carbonyl (C=O) groups excluding carboxylic acids is 2. The van der Waals surface area contributed by atoms with Crippen molar-refractivity contribution in [3.63, 3.8) is 0 Å². The van der Waals surface area contributed by atoms with E-state index in [2.05, 4.69) is 15.2 Å². The molecule has 17 nitrogen and oxygen atoms in total. The number of pyridine rings is 2. The third-order valence-corrected chi connectivity index (χ3v) is 11.8. The monoisotopic (exact) mass is 818 g/mol. The zero-order valence-electron chi connectivity index (χ0n) is 33.7. The van der Waals surface area contributed by atoms with Gasteiger partial charge in [0.05, 0.1) is 23.0 Å². The largest absolute Gasteiger partial charge is 0.508 e. The van der Waals surface area contributed by atoms with Gasteiger partial charge in [-0.15, -0.1) is 0 Å². The van der Waals surface area contributed by atoms with Crippen molar-refractivity contribution < 1.29 is 34.4 Å². The molecule has 1 fully saturated rings. The van der Waals surface area contributed by atoms with Gasteiger partial charge in [0.2, 0.25) is 5.60 Å². The first-order valence-corrected chi connectivity index (χ1v) is 19.9. The second-order valence-corrected chi connectivity index (χ2v) is 15.5. The fourth-order valence-electron chi connectivity index (χ4n) is 8.51. The molecule has 0 spiro atoms. The van der Waals surface area contributed by atoms with E-state index in [1.54, 1.807) is 47.9 Å². The number of aromatic hydroxyl groups is 3. The molecule has 3 aromatic heterocycles. The summed E-state index contributed by atoms with van der Waals surface area (Å²) in [6.45, 7) is 8.80. The van der Waals surface area contributed by atoms with Crippen LogP contribution >= 0.6 is 0 Å². The van der Waals surface area contributed by atoms with Crippen LogP contribution in [0.4, 0.5) is 16.3 Å². The van der Waals surface area contributed by atoms with Crippen molar-refractivity contribution in [3.05, 3.63) is 109 Å². The first-order valence-electron chi connectivity index (χ1n) is 19.9. The van der Waals surface area contributed by atoms with Crippen LogP contribution in [0.1, 0.15) is 74.4 Å². The van der Waals surface area contributed by atoms with Crippen molar-refractivity contribution in [2.24, 2.45) is 0 Å². The van der Waals surface area contributed by atoms with Gasteiger partial charge in [-0.2, -0.15) is 5.10 Å². The van der Waals surface area contributed by atoms with Crippen LogP contribution in [0.2, 0.25) is 0 Å². The van der Waals surface area contributed by atoms with Gasteiger partial charge in [0, 0.05) is 67.7 Å². The van der Waals surface area contributed by atoms with Gasteiger partial charge in [-0.1, -0.05) is 27.7 Å². The molecule has 0 bridgehead atoms. The number of benzene rings is 2. The first-order chi connectivity index (χ1) is 28.7. The maximum Gasteiger partial charge on any atom is 0.411 e. The molecule has 1 saturated heterocycles. The Morgan fingerprint density at radius 1 is 1.00 bits per heavy atom. The van der Waals surface area contributed by atoms with Crippen molar-refractivity contribution in [2.75, 3.05) is 36.8 Å². The zero-order chi connectivity index (χ0) is 42.6.